The Balaban J connectivity index is 1.79. The zero-order valence-electron chi connectivity index (χ0n) is 14.0. The van der Waals surface area contributed by atoms with Crippen LogP contribution in [0.4, 0.5) is 10.1 Å². The largest absolute Gasteiger partial charge is 0.311 e. The molecular weight excluding hydrogens is 343 g/mol. The van der Waals surface area contributed by atoms with Gasteiger partial charge in [-0.2, -0.15) is 4.72 Å². The van der Waals surface area contributed by atoms with Crippen LogP contribution in [0.2, 0.25) is 0 Å². The molecule has 1 aliphatic heterocycles. The summed E-state index contributed by atoms with van der Waals surface area (Å²) in [6, 6.07) is 9.51. The van der Waals surface area contributed by atoms with Crippen LogP contribution in [0, 0.1) is 19.7 Å². The topological polar surface area (TPSA) is 66.5 Å². The number of carbonyl (C=O) groups excluding carboxylic acids is 1. The fourth-order valence-electron chi connectivity index (χ4n) is 3.02. The monoisotopic (exact) mass is 362 g/mol. The molecular formula is C18H19FN2O3S. The lowest BCUT2D eigenvalue weighted by atomic mass is 10.1. The minimum Gasteiger partial charge on any atom is -0.311 e. The number of carbonyl (C=O) groups is 1. The molecule has 3 rings (SSSR count). The zero-order chi connectivity index (χ0) is 18.2. The lowest BCUT2D eigenvalue weighted by Gasteiger charge is -2.18. The van der Waals surface area contributed by atoms with Crippen molar-refractivity contribution in [1.82, 2.24) is 4.72 Å². The van der Waals surface area contributed by atoms with Crippen LogP contribution in [0.5, 0.6) is 0 Å². The summed E-state index contributed by atoms with van der Waals surface area (Å²) in [7, 11) is -3.88. The van der Waals surface area contributed by atoms with E-state index in [9.17, 15) is 17.6 Å². The Kier molecular flexibility index (Phi) is 4.62. The first-order valence-corrected chi connectivity index (χ1v) is 9.42. The van der Waals surface area contributed by atoms with Gasteiger partial charge in [0.2, 0.25) is 15.9 Å². The smallest absolute Gasteiger partial charge is 0.245 e. The average molecular weight is 362 g/mol. The maximum atomic E-state index is 13.0. The van der Waals surface area contributed by atoms with Gasteiger partial charge in [0.25, 0.3) is 0 Å². The third-order valence-corrected chi connectivity index (χ3v) is 5.63. The van der Waals surface area contributed by atoms with Crippen LogP contribution in [0.1, 0.15) is 17.5 Å². The number of halogens is 1. The quantitative estimate of drug-likeness (QED) is 0.909. The number of amides is 1. The summed E-state index contributed by atoms with van der Waals surface area (Å²) in [6.07, 6.45) is 0.381. The zero-order valence-corrected chi connectivity index (χ0v) is 14.8. The van der Waals surface area contributed by atoms with E-state index in [0.29, 0.717) is 13.0 Å². The molecule has 0 aliphatic carbocycles. The van der Waals surface area contributed by atoms with Crippen molar-refractivity contribution in [3.05, 3.63) is 59.4 Å². The van der Waals surface area contributed by atoms with Gasteiger partial charge in [-0.15, -0.1) is 0 Å². The molecule has 0 aromatic heterocycles. The van der Waals surface area contributed by atoms with Crippen LogP contribution in [-0.4, -0.2) is 26.9 Å². The van der Waals surface area contributed by atoms with E-state index in [2.05, 4.69) is 4.72 Å². The summed E-state index contributed by atoms with van der Waals surface area (Å²) in [6.45, 7) is 4.34. The summed E-state index contributed by atoms with van der Waals surface area (Å²) < 4.78 is 40.2. The van der Waals surface area contributed by atoms with E-state index in [1.54, 1.807) is 4.90 Å². The molecule has 0 saturated carbocycles. The molecule has 2 aromatic carbocycles. The van der Waals surface area contributed by atoms with E-state index >= 15 is 0 Å². The molecule has 132 valence electrons. The summed E-state index contributed by atoms with van der Waals surface area (Å²) in [4.78, 5) is 14.2. The van der Waals surface area contributed by atoms with Crippen molar-refractivity contribution < 1.29 is 17.6 Å². The van der Waals surface area contributed by atoms with Crippen molar-refractivity contribution >= 4 is 21.6 Å². The van der Waals surface area contributed by atoms with Crippen molar-refractivity contribution in [2.75, 3.05) is 11.4 Å². The normalized spacial score (nSPS) is 18.0. The van der Waals surface area contributed by atoms with Gasteiger partial charge in [0.1, 0.15) is 11.9 Å². The molecule has 1 N–H and O–H groups in total. The minimum atomic E-state index is -3.88. The highest BCUT2D eigenvalue weighted by Crippen LogP contribution is 2.25. The fourth-order valence-corrected chi connectivity index (χ4v) is 4.24. The Bertz CT molecular complexity index is 890. The number of hydrogen-bond acceptors (Lipinski definition) is 3. The van der Waals surface area contributed by atoms with Crippen molar-refractivity contribution in [1.29, 1.82) is 0 Å². The summed E-state index contributed by atoms with van der Waals surface area (Å²) in [5.41, 5.74) is 2.85. The van der Waals surface area contributed by atoms with Gasteiger partial charge in [-0.25, -0.2) is 12.8 Å². The molecule has 0 unspecified atom stereocenters. The van der Waals surface area contributed by atoms with Crippen LogP contribution in [-0.2, 0) is 14.8 Å². The van der Waals surface area contributed by atoms with Crippen LogP contribution in [0.15, 0.2) is 47.4 Å². The molecule has 1 heterocycles. The van der Waals surface area contributed by atoms with Gasteiger partial charge in [-0.3, -0.25) is 4.79 Å². The molecule has 0 spiro atoms. The van der Waals surface area contributed by atoms with E-state index in [1.165, 1.54) is 12.1 Å². The third kappa shape index (κ3) is 3.72. The molecule has 1 aliphatic rings. The summed E-state index contributed by atoms with van der Waals surface area (Å²) >= 11 is 0. The molecule has 5 nitrogen and oxygen atoms in total. The number of hydrogen-bond donors (Lipinski definition) is 1. The number of nitrogens with zero attached hydrogens (tertiary/aromatic N) is 1. The highest BCUT2D eigenvalue weighted by Gasteiger charge is 2.35. The van der Waals surface area contributed by atoms with E-state index in [4.69, 9.17) is 0 Å². The number of aryl methyl sites for hydroxylation is 2. The van der Waals surface area contributed by atoms with Gasteiger partial charge >= 0.3 is 0 Å². The standard InChI is InChI=1S/C18H19FN2O3S/c1-12-9-13(2)11-15(10-12)21-8-7-17(18(21)22)20-25(23,24)16-5-3-14(19)4-6-16/h3-6,9-11,17,20H,7-8H2,1-2H3/t17-/m1/s1. The van der Waals surface area contributed by atoms with E-state index < -0.39 is 21.9 Å². The molecule has 1 amide bonds. The molecule has 0 radical (unpaired) electrons. The second kappa shape index (κ2) is 6.57. The minimum absolute atomic E-state index is 0.0634. The predicted molar refractivity (Wildman–Crippen MR) is 93.4 cm³/mol. The maximum absolute atomic E-state index is 13.0. The summed E-state index contributed by atoms with van der Waals surface area (Å²) in [5.74, 6) is -0.799. The highest BCUT2D eigenvalue weighted by atomic mass is 32.2. The third-order valence-electron chi connectivity index (χ3n) is 4.14. The Morgan fingerprint density at radius 1 is 1.08 bits per heavy atom. The van der Waals surface area contributed by atoms with E-state index in [0.717, 1.165) is 28.9 Å². The average Bonchev–Trinajstić information content (AvgIpc) is 2.87. The summed E-state index contributed by atoms with van der Waals surface area (Å²) in [5, 5.41) is 0. The van der Waals surface area contributed by atoms with Crippen LogP contribution in [0.25, 0.3) is 0 Å². The van der Waals surface area contributed by atoms with Gasteiger partial charge in [0.05, 0.1) is 4.90 Å². The molecule has 1 fully saturated rings. The lowest BCUT2D eigenvalue weighted by molar-refractivity contribution is -0.118. The molecule has 0 bridgehead atoms. The van der Waals surface area contributed by atoms with Crippen molar-refractivity contribution in [2.45, 2.75) is 31.2 Å². The number of rotatable bonds is 4. The van der Waals surface area contributed by atoms with E-state index in [1.807, 2.05) is 32.0 Å². The van der Waals surface area contributed by atoms with Crippen LogP contribution >= 0.6 is 0 Å². The number of anilines is 1. The van der Waals surface area contributed by atoms with Crippen molar-refractivity contribution in [3.8, 4) is 0 Å². The second-order valence-corrected chi connectivity index (χ2v) is 7.97. The Morgan fingerprint density at radius 2 is 1.68 bits per heavy atom. The first kappa shape index (κ1) is 17.6. The number of nitrogens with one attached hydrogen (secondary N) is 1. The van der Waals surface area contributed by atoms with Crippen LogP contribution < -0.4 is 9.62 Å². The van der Waals surface area contributed by atoms with Crippen molar-refractivity contribution in [3.63, 3.8) is 0 Å². The maximum Gasteiger partial charge on any atom is 0.245 e. The van der Waals surface area contributed by atoms with Gasteiger partial charge in [0.15, 0.2) is 0 Å². The van der Waals surface area contributed by atoms with Gasteiger partial charge in [-0.05, 0) is 67.8 Å². The predicted octanol–water partition coefficient (Wildman–Crippen LogP) is 2.53. The van der Waals surface area contributed by atoms with Gasteiger partial charge in [-0.1, -0.05) is 6.07 Å². The molecule has 25 heavy (non-hydrogen) atoms. The number of sulfonamides is 1. The van der Waals surface area contributed by atoms with E-state index in [-0.39, 0.29) is 10.8 Å². The first-order chi connectivity index (χ1) is 11.8. The molecule has 7 heteroatoms. The first-order valence-electron chi connectivity index (χ1n) is 7.94. The number of benzene rings is 2. The highest BCUT2D eigenvalue weighted by molar-refractivity contribution is 7.89. The lowest BCUT2D eigenvalue weighted by Crippen LogP contribution is -2.41. The molecule has 2 aromatic rings. The Hall–Kier alpha value is -2.25. The Labute approximate surface area is 146 Å². The SMILES string of the molecule is Cc1cc(C)cc(N2CC[C@@H](NS(=O)(=O)c3ccc(F)cc3)C2=O)c1. The Morgan fingerprint density at radius 3 is 2.28 bits per heavy atom. The second-order valence-electron chi connectivity index (χ2n) is 6.25. The van der Waals surface area contributed by atoms with Gasteiger partial charge < -0.3 is 4.90 Å². The van der Waals surface area contributed by atoms with Crippen molar-refractivity contribution in [2.24, 2.45) is 0 Å². The van der Waals surface area contributed by atoms with Gasteiger partial charge in [0, 0.05) is 12.2 Å². The molecule has 1 atom stereocenters. The van der Waals surface area contributed by atoms with Crippen LogP contribution in [0.3, 0.4) is 0 Å². The fraction of sp³-hybridized carbons (Fsp3) is 0.278. The molecule has 1 saturated heterocycles.